The molecule has 1 heteroatoms. The molecule has 1 nitrogen and oxygen atoms in total. The Labute approximate surface area is 93.3 Å². The van der Waals surface area contributed by atoms with Gasteiger partial charge in [0, 0.05) is 0 Å². The first-order valence-corrected chi connectivity index (χ1v) is 5.74. The molecule has 0 saturated heterocycles. The van der Waals surface area contributed by atoms with Crippen LogP contribution >= 0.6 is 0 Å². The van der Waals surface area contributed by atoms with Gasteiger partial charge >= 0.3 is 0 Å². The summed E-state index contributed by atoms with van der Waals surface area (Å²) in [5, 5.41) is 0. The van der Waals surface area contributed by atoms with Crippen molar-refractivity contribution in [2.75, 3.05) is 0 Å². The fourth-order valence-electron chi connectivity index (χ4n) is 2.30. The van der Waals surface area contributed by atoms with Crippen molar-refractivity contribution in [1.29, 1.82) is 0 Å². The smallest absolute Gasteiger partial charge is 0.152 e. The van der Waals surface area contributed by atoms with Gasteiger partial charge in [-0.3, -0.25) is 4.79 Å². The molecule has 0 spiro atoms. The molecule has 1 rings (SSSR count). The molecule has 0 aromatic carbocycles. The third kappa shape index (κ3) is 2.58. The van der Waals surface area contributed by atoms with E-state index in [-0.39, 0.29) is 11.2 Å². The summed E-state index contributed by atoms with van der Waals surface area (Å²) in [4.78, 5) is 11.0. The molecule has 0 fully saturated rings. The van der Waals surface area contributed by atoms with Gasteiger partial charge < -0.3 is 0 Å². The Morgan fingerprint density at radius 1 is 1.47 bits per heavy atom. The maximum Gasteiger partial charge on any atom is 0.152 e. The summed E-state index contributed by atoms with van der Waals surface area (Å²) in [6, 6.07) is 0. The largest absolute Gasteiger partial charge is 0.295 e. The lowest BCUT2D eigenvalue weighted by molar-refractivity contribution is -0.112. The van der Waals surface area contributed by atoms with E-state index < -0.39 is 0 Å². The first kappa shape index (κ1) is 12.2. The molecule has 1 aliphatic rings. The summed E-state index contributed by atoms with van der Waals surface area (Å²) in [5.41, 5.74) is 3.00. The van der Waals surface area contributed by atoms with Crippen molar-refractivity contribution in [2.24, 2.45) is 11.3 Å². The average Bonchev–Trinajstić information content (AvgIpc) is 2.11. The Balaban J connectivity index is 3.05. The summed E-state index contributed by atoms with van der Waals surface area (Å²) in [5.74, 6) is 0.817. The topological polar surface area (TPSA) is 17.1 Å². The Hall–Kier alpha value is -0.850. The predicted molar refractivity (Wildman–Crippen MR) is 64.7 cm³/mol. The van der Waals surface area contributed by atoms with Gasteiger partial charge in [0.2, 0.25) is 0 Å². The van der Waals surface area contributed by atoms with Crippen LogP contribution in [0.15, 0.2) is 23.3 Å². The van der Waals surface area contributed by atoms with Crippen LogP contribution in [-0.4, -0.2) is 5.78 Å². The molecule has 15 heavy (non-hydrogen) atoms. The average molecular weight is 206 g/mol. The highest BCUT2D eigenvalue weighted by atomic mass is 16.1. The maximum atomic E-state index is 11.0. The molecule has 0 unspecified atom stereocenters. The van der Waals surface area contributed by atoms with Crippen LogP contribution in [0.25, 0.3) is 0 Å². The van der Waals surface area contributed by atoms with Gasteiger partial charge in [-0.15, -0.1) is 0 Å². The summed E-state index contributed by atoms with van der Waals surface area (Å²) < 4.78 is 0. The SMILES string of the molecule is CC(=O)/C=C\C1=C(C)CC[C@@H](C)C1(C)C. The van der Waals surface area contributed by atoms with Crippen LogP contribution in [0.5, 0.6) is 0 Å². The van der Waals surface area contributed by atoms with E-state index in [1.54, 1.807) is 13.0 Å². The molecule has 0 aliphatic heterocycles. The molecule has 0 heterocycles. The van der Waals surface area contributed by atoms with E-state index in [0.717, 1.165) is 0 Å². The van der Waals surface area contributed by atoms with Crippen molar-refractivity contribution in [1.82, 2.24) is 0 Å². The highest BCUT2D eigenvalue weighted by Crippen LogP contribution is 2.44. The van der Waals surface area contributed by atoms with Crippen LogP contribution in [0.1, 0.15) is 47.5 Å². The van der Waals surface area contributed by atoms with Crippen LogP contribution in [0.4, 0.5) is 0 Å². The number of carbonyl (C=O) groups is 1. The Morgan fingerprint density at radius 3 is 2.60 bits per heavy atom. The van der Waals surface area contributed by atoms with Gasteiger partial charge in [0.1, 0.15) is 0 Å². The summed E-state index contributed by atoms with van der Waals surface area (Å²) >= 11 is 0. The van der Waals surface area contributed by atoms with E-state index in [4.69, 9.17) is 0 Å². The number of rotatable bonds is 2. The van der Waals surface area contributed by atoms with Crippen LogP contribution in [0.3, 0.4) is 0 Å². The predicted octanol–water partition coefficient (Wildman–Crippen LogP) is 3.90. The van der Waals surface area contributed by atoms with Crippen LogP contribution in [0.2, 0.25) is 0 Å². The van der Waals surface area contributed by atoms with Crippen molar-refractivity contribution < 1.29 is 4.79 Å². The number of allylic oxidation sites excluding steroid dienone is 4. The van der Waals surface area contributed by atoms with Crippen LogP contribution in [0, 0.1) is 11.3 Å². The van der Waals surface area contributed by atoms with E-state index >= 15 is 0 Å². The molecule has 0 bridgehead atoms. The van der Waals surface area contributed by atoms with E-state index in [1.807, 2.05) is 6.08 Å². The molecule has 0 aromatic rings. The van der Waals surface area contributed by atoms with Crippen molar-refractivity contribution >= 4 is 5.78 Å². The second kappa shape index (κ2) is 4.34. The molecule has 0 saturated carbocycles. The fourth-order valence-corrected chi connectivity index (χ4v) is 2.30. The standard InChI is InChI=1S/C14H22O/c1-10-6-7-11(2)14(4,5)13(10)9-8-12(3)15/h8-9,11H,6-7H2,1-5H3/b9-8-/t11-/m1/s1. The summed E-state index contributed by atoms with van der Waals surface area (Å²) in [6.07, 6.45) is 6.14. The minimum absolute atomic E-state index is 0.129. The summed E-state index contributed by atoms with van der Waals surface area (Å²) in [7, 11) is 0. The van der Waals surface area contributed by atoms with Gasteiger partial charge in [0.25, 0.3) is 0 Å². The molecule has 84 valence electrons. The maximum absolute atomic E-state index is 11.0. The lowest BCUT2D eigenvalue weighted by Crippen LogP contribution is -2.28. The number of hydrogen-bond donors (Lipinski definition) is 0. The molecule has 0 aromatic heterocycles. The highest BCUT2D eigenvalue weighted by Gasteiger charge is 2.33. The van der Waals surface area contributed by atoms with Gasteiger partial charge in [-0.1, -0.05) is 32.4 Å². The molecule has 1 aliphatic carbocycles. The van der Waals surface area contributed by atoms with Crippen molar-refractivity contribution in [2.45, 2.75) is 47.5 Å². The van der Waals surface area contributed by atoms with Crippen LogP contribution < -0.4 is 0 Å². The van der Waals surface area contributed by atoms with Crippen molar-refractivity contribution in [3.63, 3.8) is 0 Å². The second-order valence-electron chi connectivity index (χ2n) is 5.30. The lowest BCUT2D eigenvalue weighted by atomic mass is 9.66. The molecule has 0 N–H and O–H groups in total. The molecule has 0 radical (unpaired) electrons. The van der Waals surface area contributed by atoms with E-state index in [9.17, 15) is 4.79 Å². The van der Waals surface area contributed by atoms with Gasteiger partial charge in [0.05, 0.1) is 0 Å². The van der Waals surface area contributed by atoms with Crippen molar-refractivity contribution in [3.8, 4) is 0 Å². The second-order valence-corrected chi connectivity index (χ2v) is 5.30. The zero-order valence-corrected chi connectivity index (χ0v) is 10.6. The normalized spacial score (nSPS) is 26.1. The first-order valence-electron chi connectivity index (χ1n) is 5.74. The zero-order valence-electron chi connectivity index (χ0n) is 10.6. The molecular weight excluding hydrogens is 184 g/mol. The minimum atomic E-state index is 0.129. The fraction of sp³-hybridized carbons (Fsp3) is 0.643. The Bertz CT molecular complexity index is 318. The zero-order chi connectivity index (χ0) is 11.6. The Kier molecular flexibility index (Phi) is 3.54. The Morgan fingerprint density at radius 2 is 2.07 bits per heavy atom. The van der Waals surface area contributed by atoms with Gasteiger partial charge in [-0.2, -0.15) is 0 Å². The number of carbonyl (C=O) groups excluding carboxylic acids is 1. The quantitative estimate of drug-likeness (QED) is 0.626. The van der Waals surface area contributed by atoms with E-state index in [1.165, 1.54) is 24.0 Å². The molecular formula is C14H22O. The van der Waals surface area contributed by atoms with Gasteiger partial charge in [-0.25, -0.2) is 0 Å². The van der Waals surface area contributed by atoms with Gasteiger partial charge in [-0.05, 0) is 49.7 Å². The lowest BCUT2D eigenvalue weighted by Gasteiger charge is -2.39. The van der Waals surface area contributed by atoms with Crippen LogP contribution in [-0.2, 0) is 4.79 Å². The monoisotopic (exact) mass is 206 g/mol. The molecule has 0 amide bonds. The van der Waals surface area contributed by atoms with E-state index in [2.05, 4.69) is 27.7 Å². The molecule has 1 atom stereocenters. The van der Waals surface area contributed by atoms with E-state index in [0.29, 0.717) is 5.92 Å². The van der Waals surface area contributed by atoms with Crippen molar-refractivity contribution in [3.05, 3.63) is 23.3 Å². The number of ketones is 1. The van der Waals surface area contributed by atoms with Gasteiger partial charge in [0.15, 0.2) is 5.78 Å². The minimum Gasteiger partial charge on any atom is -0.295 e. The third-order valence-corrected chi connectivity index (χ3v) is 3.82. The first-order chi connectivity index (χ1) is 6.85. The highest BCUT2D eigenvalue weighted by molar-refractivity contribution is 5.87. The third-order valence-electron chi connectivity index (χ3n) is 3.82. The summed E-state index contributed by atoms with van der Waals surface area (Å²) in [6.45, 7) is 10.6. The number of hydrogen-bond acceptors (Lipinski definition) is 1.